The van der Waals surface area contributed by atoms with Crippen LogP contribution in [-0.4, -0.2) is 19.9 Å². The number of hydrogen-bond acceptors (Lipinski definition) is 4. The molecule has 3 N–H and O–H groups in total. The topological polar surface area (TPSA) is 80.5 Å². The molecule has 3 rings (SSSR count). The lowest BCUT2D eigenvalue weighted by Gasteiger charge is -1.99. The number of aromatic amines is 1. The van der Waals surface area contributed by atoms with Crippen LogP contribution in [0.15, 0.2) is 29.0 Å². The molecular formula is C11H7BrClN5. The molecule has 0 spiro atoms. The number of rotatable bonds is 1. The first kappa shape index (κ1) is 11.4. The molecule has 0 bridgehead atoms. The fraction of sp³-hybridized carbons (Fsp3) is 0. The maximum Gasteiger partial charge on any atom is 0.183 e. The lowest BCUT2D eigenvalue weighted by Crippen LogP contribution is -1.91. The summed E-state index contributed by atoms with van der Waals surface area (Å²) in [6.45, 7) is 0. The summed E-state index contributed by atoms with van der Waals surface area (Å²) in [7, 11) is 0. The maximum atomic E-state index is 5.95. The van der Waals surface area contributed by atoms with E-state index < -0.39 is 0 Å². The van der Waals surface area contributed by atoms with Gasteiger partial charge in [0, 0.05) is 10.0 Å². The number of benzene rings is 1. The van der Waals surface area contributed by atoms with Crippen LogP contribution in [0.3, 0.4) is 0 Å². The number of nitrogen functional groups attached to an aromatic ring is 1. The molecule has 0 aliphatic heterocycles. The third kappa shape index (κ3) is 1.83. The van der Waals surface area contributed by atoms with E-state index >= 15 is 0 Å². The van der Waals surface area contributed by atoms with Gasteiger partial charge >= 0.3 is 0 Å². The van der Waals surface area contributed by atoms with Crippen LogP contribution in [-0.2, 0) is 0 Å². The zero-order valence-electron chi connectivity index (χ0n) is 8.98. The average molecular weight is 325 g/mol. The van der Waals surface area contributed by atoms with E-state index in [4.69, 9.17) is 17.3 Å². The molecule has 0 amide bonds. The predicted octanol–water partition coefficient (Wildman–Crippen LogP) is 3.02. The van der Waals surface area contributed by atoms with Gasteiger partial charge in [0.15, 0.2) is 11.5 Å². The van der Waals surface area contributed by atoms with E-state index in [0.29, 0.717) is 27.8 Å². The molecule has 0 atom stereocenters. The Morgan fingerprint density at radius 1 is 1.28 bits per heavy atom. The molecule has 0 fully saturated rings. The summed E-state index contributed by atoms with van der Waals surface area (Å²) in [4.78, 5) is 15.4. The molecule has 0 aliphatic rings. The lowest BCUT2D eigenvalue weighted by atomic mass is 10.2. The summed E-state index contributed by atoms with van der Waals surface area (Å²) < 4.78 is 0.807. The van der Waals surface area contributed by atoms with Crippen LogP contribution in [0.2, 0.25) is 5.02 Å². The number of anilines is 1. The summed E-state index contributed by atoms with van der Waals surface area (Å²) >= 11 is 9.33. The van der Waals surface area contributed by atoms with Crippen LogP contribution >= 0.6 is 27.5 Å². The largest absolute Gasteiger partial charge is 0.382 e. The quantitative estimate of drug-likeness (QED) is 0.721. The van der Waals surface area contributed by atoms with Crippen molar-refractivity contribution in [1.29, 1.82) is 0 Å². The Morgan fingerprint density at radius 3 is 2.83 bits per heavy atom. The van der Waals surface area contributed by atoms with E-state index in [9.17, 15) is 0 Å². The number of hydrogen-bond donors (Lipinski definition) is 2. The highest BCUT2D eigenvalue weighted by atomic mass is 79.9. The fourth-order valence-electron chi connectivity index (χ4n) is 1.63. The van der Waals surface area contributed by atoms with Crippen LogP contribution in [0.1, 0.15) is 0 Å². The Morgan fingerprint density at radius 2 is 2.11 bits per heavy atom. The van der Waals surface area contributed by atoms with Crippen molar-refractivity contribution in [3.05, 3.63) is 34.0 Å². The van der Waals surface area contributed by atoms with E-state index in [-0.39, 0.29) is 0 Å². The number of fused-ring (bicyclic) bond motifs is 1. The molecule has 3 aromatic rings. The van der Waals surface area contributed by atoms with Crippen molar-refractivity contribution in [2.75, 3.05) is 5.73 Å². The van der Waals surface area contributed by atoms with Crippen LogP contribution in [0, 0.1) is 0 Å². The Hall–Kier alpha value is -1.66. The molecule has 18 heavy (non-hydrogen) atoms. The number of nitrogens with one attached hydrogen (secondary N) is 1. The number of imidazole rings is 1. The molecule has 0 aliphatic carbocycles. The first-order valence-electron chi connectivity index (χ1n) is 5.07. The fourth-order valence-corrected chi connectivity index (χ4v) is 2.12. The van der Waals surface area contributed by atoms with E-state index in [1.54, 1.807) is 6.07 Å². The van der Waals surface area contributed by atoms with Crippen LogP contribution < -0.4 is 5.73 Å². The van der Waals surface area contributed by atoms with Gasteiger partial charge in [-0.15, -0.1) is 0 Å². The number of H-pyrrole nitrogens is 1. The highest BCUT2D eigenvalue weighted by molar-refractivity contribution is 9.10. The third-order valence-corrected chi connectivity index (χ3v) is 3.72. The van der Waals surface area contributed by atoms with Crippen LogP contribution in [0.4, 0.5) is 5.82 Å². The Balaban J connectivity index is 2.19. The SMILES string of the molecule is Nc1ncnc2nc(-c3ccc(Cl)c(Br)c3)[nH]c12. The van der Waals surface area contributed by atoms with E-state index in [0.717, 1.165) is 10.0 Å². The molecule has 1 aromatic carbocycles. The first-order chi connectivity index (χ1) is 8.65. The van der Waals surface area contributed by atoms with Gasteiger partial charge in [-0.05, 0) is 34.1 Å². The lowest BCUT2D eigenvalue weighted by molar-refractivity contribution is 1.21. The normalized spacial score (nSPS) is 11.0. The summed E-state index contributed by atoms with van der Waals surface area (Å²) in [6, 6.07) is 5.54. The van der Waals surface area contributed by atoms with Crippen molar-refractivity contribution in [3.63, 3.8) is 0 Å². The van der Waals surface area contributed by atoms with Crippen LogP contribution in [0.25, 0.3) is 22.6 Å². The summed E-state index contributed by atoms with van der Waals surface area (Å²) in [5.41, 5.74) is 7.82. The zero-order valence-corrected chi connectivity index (χ0v) is 11.3. The van der Waals surface area contributed by atoms with Crippen molar-refractivity contribution in [1.82, 2.24) is 19.9 Å². The minimum atomic E-state index is 0.381. The minimum Gasteiger partial charge on any atom is -0.382 e. The van der Waals surface area contributed by atoms with Gasteiger partial charge in [0.05, 0.1) is 5.02 Å². The van der Waals surface area contributed by atoms with Crippen molar-refractivity contribution in [2.24, 2.45) is 0 Å². The highest BCUT2D eigenvalue weighted by Crippen LogP contribution is 2.28. The molecule has 0 unspecified atom stereocenters. The Kier molecular flexibility index (Phi) is 2.68. The van der Waals surface area contributed by atoms with Gasteiger partial charge in [-0.1, -0.05) is 11.6 Å². The van der Waals surface area contributed by atoms with E-state index in [1.807, 2.05) is 12.1 Å². The average Bonchev–Trinajstić information content (AvgIpc) is 2.78. The van der Waals surface area contributed by atoms with Gasteiger partial charge in [-0.25, -0.2) is 15.0 Å². The predicted molar refractivity (Wildman–Crippen MR) is 74.2 cm³/mol. The Labute approximate surface area is 116 Å². The van der Waals surface area contributed by atoms with Gasteiger partial charge in [-0.3, -0.25) is 0 Å². The second kappa shape index (κ2) is 4.22. The molecule has 5 nitrogen and oxygen atoms in total. The molecule has 2 heterocycles. The van der Waals surface area contributed by atoms with Gasteiger partial charge in [0.1, 0.15) is 17.7 Å². The van der Waals surface area contributed by atoms with Gasteiger partial charge in [0.25, 0.3) is 0 Å². The van der Waals surface area contributed by atoms with Crippen molar-refractivity contribution >= 4 is 44.5 Å². The Bertz CT molecular complexity index is 739. The van der Waals surface area contributed by atoms with Gasteiger partial charge in [0.2, 0.25) is 0 Å². The maximum absolute atomic E-state index is 5.95. The molecule has 0 saturated carbocycles. The van der Waals surface area contributed by atoms with E-state index in [1.165, 1.54) is 6.33 Å². The minimum absolute atomic E-state index is 0.381. The van der Waals surface area contributed by atoms with Crippen LogP contribution in [0.5, 0.6) is 0 Å². The van der Waals surface area contributed by atoms with Crippen molar-refractivity contribution < 1.29 is 0 Å². The number of nitrogens with zero attached hydrogens (tertiary/aromatic N) is 3. The van der Waals surface area contributed by atoms with E-state index in [2.05, 4.69) is 35.9 Å². The first-order valence-corrected chi connectivity index (χ1v) is 6.24. The van der Waals surface area contributed by atoms with Gasteiger partial charge in [-0.2, -0.15) is 0 Å². The zero-order chi connectivity index (χ0) is 12.7. The molecule has 0 saturated heterocycles. The van der Waals surface area contributed by atoms with Crippen molar-refractivity contribution in [3.8, 4) is 11.4 Å². The molecule has 2 aromatic heterocycles. The number of nitrogens with two attached hydrogens (primary N) is 1. The third-order valence-electron chi connectivity index (χ3n) is 2.51. The molecule has 7 heteroatoms. The smallest absolute Gasteiger partial charge is 0.183 e. The second-order valence-corrected chi connectivity index (χ2v) is 4.93. The summed E-state index contributed by atoms with van der Waals surface area (Å²) in [6.07, 6.45) is 1.39. The summed E-state index contributed by atoms with van der Waals surface area (Å²) in [5.74, 6) is 1.06. The number of aromatic nitrogens is 4. The highest BCUT2D eigenvalue weighted by Gasteiger charge is 2.10. The molecular weight excluding hydrogens is 318 g/mol. The molecule has 0 radical (unpaired) electrons. The number of halogens is 2. The monoisotopic (exact) mass is 323 g/mol. The van der Waals surface area contributed by atoms with Gasteiger partial charge < -0.3 is 10.7 Å². The van der Waals surface area contributed by atoms with Crippen molar-refractivity contribution in [2.45, 2.75) is 0 Å². The second-order valence-electron chi connectivity index (χ2n) is 3.67. The standard InChI is InChI=1S/C11H7BrClN5/c12-6-3-5(1-2-7(6)13)10-17-8-9(14)15-4-16-11(8)18-10/h1-4H,(H3,14,15,16,17,18). The molecule has 90 valence electrons. The summed E-state index contributed by atoms with van der Waals surface area (Å²) in [5, 5.41) is 0.647.